The molecule has 1 aromatic heterocycles. The van der Waals surface area contributed by atoms with Gasteiger partial charge < -0.3 is 9.64 Å². The Morgan fingerprint density at radius 3 is 2.67 bits per heavy atom. The minimum atomic E-state index is -0.237. The number of carbonyl (C=O) groups excluding carboxylic acids is 1. The van der Waals surface area contributed by atoms with Crippen LogP contribution in [0.2, 0.25) is 0 Å². The van der Waals surface area contributed by atoms with E-state index in [1.165, 1.54) is 6.07 Å². The van der Waals surface area contributed by atoms with Crippen molar-refractivity contribution in [2.45, 2.75) is 25.3 Å². The molecule has 1 amide bonds. The van der Waals surface area contributed by atoms with Crippen LogP contribution in [-0.4, -0.2) is 42.1 Å². The molecule has 0 saturated carbocycles. The number of pyridine rings is 1. The lowest BCUT2D eigenvalue weighted by Gasteiger charge is -2.31. The van der Waals surface area contributed by atoms with E-state index in [0.29, 0.717) is 30.8 Å². The lowest BCUT2D eigenvalue weighted by molar-refractivity contribution is 0.0362. The number of ether oxygens (including phenoxy) is 1. The van der Waals surface area contributed by atoms with Crippen LogP contribution < -0.4 is 0 Å². The summed E-state index contributed by atoms with van der Waals surface area (Å²) in [5.41, 5.74) is 1.90. The van der Waals surface area contributed by atoms with Crippen LogP contribution in [0.4, 0.5) is 4.39 Å². The molecule has 1 aliphatic rings. The van der Waals surface area contributed by atoms with Crippen molar-refractivity contribution >= 4 is 5.91 Å². The van der Waals surface area contributed by atoms with Gasteiger partial charge in [0.15, 0.2) is 0 Å². The second kappa shape index (κ2) is 7.53. The predicted octanol–water partition coefficient (Wildman–Crippen LogP) is 3.06. The zero-order valence-electron chi connectivity index (χ0n) is 13.7. The Balaban J connectivity index is 1.67. The van der Waals surface area contributed by atoms with Gasteiger partial charge in [-0.05, 0) is 36.6 Å². The SMILES string of the molecule is CN(C(=O)c1ccc(Cc2ccccc2F)nc1)C1CCOCC1. The van der Waals surface area contributed by atoms with Gasteiger partial charge in [0.05, 0.1) is 5.56 Å². The second-order valence-corrected chi connectivity index (χ2v) is 6.07. The van der Waals surface area contributed by atoms with Crippen molar-refractivity contribution in [2.24, 2.45) is 0 Å². The number of carbonyl (C=O) groups is 1. The first-order valence-corrected chi connectivity index (χ1v) is 8.18. The molecule has 1 aromatic carbocycles. The molecule has 0 radical (unpaired) electrons. The molecule has 126 valence electrons. The van der Waals surface area contributed by atoms with Crippen LogP contribution in [0, 0.1) is 5.82 Å². The maximum atomic E-state index is 13.7. The maximum Gasteiger partial charge on any atom is 0.255 e. The van der Waals surface area contributed by atoms with Gasteiger partial charge in [-0.25, -0.2) is 4.39 Å². The molecule has 0 spiro atoms. The van der Waals surface area contributed by atoms with Gasteiger partial charge in [0.25, 0.3) is 5.91 Å². The number of hydrogen-bond donors (Lipinski definition) is 0. The average Bonchev–Trinajstić information content (AvgIpc) is 2.64. The van der Waals surface area contributed by atoms with Crippen molar-refractivity contribution in [3.63, 3.8) is 0 Å². The Morgan fingerprint density at radius 1 is 1.25 bits per heavy atom. The molecule has 0 bridgehead atoms. The van der Waals surface area contributed by atoms with E-state index in [-0.39, 0.29) is 17.8 Å². The lowest BCUT2D eigenvalue weighted by atomic mass is 10.1. The van der Waals surface area contributed by atoms with E-state index in [2.05, 4.69) is 4.98 Å². The van der Waals surface area contributed by atoms with Crippen molar-refractivity contribution in [3.05, 3.63) is 65.2 Å². The maximum absolute atomic E-state index is 13.7. The van der Waals surface area contributed by atoms with E-state index in [0.717, 1.165) is 18.5 Å². The Labute approximate surface area is 141 Å². The molecular weight excluding hydrogens is 307 g/mol. The summed E-state index contributed by atoms with van der Waals surface area (Å²) >= 11 is 0. The van der Waals surface area contributed by atoms with E-state index in [4.69, 9.17) is 4.74 Å². The summed E-state index contributed by atoms with van der Waals surface area (Å²) in [6, 6.07) is 10.4. The highest BCUT2D eigenvalue weighted by Gasteiger charge is 2.23. The van der Waals surface area contributed by atoms with Crippen LogP contribution >= 0.6 is 0 Å². The van der Waals surface area contributed by atoms with Crippen LogP contribution in [0.15, 0.2) is 42.6 Å². The quantitative estimate of drug-likeness (QED) is 0.866. The molecule has 0 unspecified atom stereocenters. The number of aromatic nitrogens is 1. The first-order chi connectivity index (χ1) is 11.6. The number of halogens is 1. The molecule has 4 nitrogen and oxygen atoms in total. The number of amides is 1. The monoisotopic (exact) mass is 328 g/mol. The van der Waals surface area contributed by atoms with Gasteiger partial charge in [0, 0.05) is 44.6 Å². The zero-order valence-corrected chi connectivity index (χ0v) is 13.7. The standard InChI is InChI=1S/C19H21FN2O2/c1-22(17-8-10-24-11-9-17)19(23)15-6-7-16(21-13-15)12-14-4-2-3-5-18(14)20/h2-7,13,17H,8-12H2,1H3. The molecule has 3 rings (SSSR count). The molecule has 2 heterocycles. The highest BCUT2D eigenvalue weighted by atomic mass is 19.1. The molecule has 0 N–H and O–H groups in total. The number of benzene rings is 1. The molecule has 2 aromatic rings. The summed E-state index contributed by atoms with van der Waals surface area (Å²) in [5, 5.41) is 0. The third-order valence-corrected chi connectivity index (χ3v) is 4.46. The molecule has 24 heavy (non-hydrogen) atoms. The summed E-state index contributed by atoms with van der Waals surface area (Å²) in [7, 11) is 1.82. The fourth-order valence-electron chi connectivity index (χ4n) is 2.93. The van der Waals surface area contributed by atoms with E-state index < -0.39 is 0 Å². The Kier molecular flexibility index (Phi) is 5.20. The van der Waals surface area contributed by atoms with Crippen LogP contribution in [-0.2, 0) is 11.2 Å². The average molecular weight is 328 g/mol. The summed E-state index contributed by atoms with van der Waals surface area (Å²) in [6.45, 7) is 1.39. The minimum absolute atomic E-state index is 0.0353. The van der Waals surface area contributed by atoms with Gasteiger partial charge in [-0.2, -0.15) is 0 Å². The van der Waals surface area contributed by atoms with Gasteiger partial charge in [-0.1, -0.05) is 18.2 Å². The molecule has 1 fully saturated rings. The molecular formula is C19H21FN2O2. The Bertz CT molecular complexity index is 697. The summed E-state index contributed by atoms with van der Waals surface area (Å²) in [6.07, 6.45) is 3.72. The third kappa shape index (κ3) is 3.79. The largest absolute Gasteiger partial charge is 0.381 e. The highest BCUT2D eigenvalue weighted by Crippen LogP contribution is 2.16. The fourth-order valence-corrected chi connectivity index (χ4v) is 2.93. The van der Waals surface area contributed by atoms with E-state index in [1.807, 2.05) is 7.05 Å². The molecule has 0 aliphatic carbocycles. The third-order valence-electron chi connectivity index (χ3n) is 4.46. The van der Waals surface area contributed by atoms with Crippen LogP contribution in [0.5, 0.6) is 0 Å². The van der Waals surface area contributed by atoms with Crippen molar-refractivity contribution in [1.29, 1.82) is 0 Å². The minimum Gasteiger partial charge on any atom is -0.381 e. The number of nitrogens with zero attached hydrogens (tertiary/aromatic N) is 2. The lowest BCUT2D eigenvalue weighted by Crippen LogP contribution is -2.40. The summed E-state index contributed by atoms with van der Waals surface area (Å²) in [4.78, 5) is 18.7. The first kappa shape index (κ1) is 16.6. The predicted molar refractivity (Wildman–Crippen MR) is 89.4 cm³/mol. The summed E-state index contributed by atoms with van der Waals surface area (Å²) < 4.78 is 19.0. The van der Waals surface area contributed by atoms with Crippen molar-refractivity contribution in [2.75, 3.05) is 20.3 Å². The van der Waals surface area contributed by atoms with Crippen LogP contribution in [0.25, 0.3) is 0 Å². The van der Waals surface area contributed by atoms with E-state index in [9.17, 15) is 9.18 Å². The second-order valence-electron chi connectivity index (χ2n) is 6.07. The van der Waals surface area contributed by atoms with E-state index in [1.54, 1.807) is 41.4 Å². The Morgan fingerprint density at radius 2 is 2.00 bits per heavy atom. The molecule has 1 saturated heterocycles. The van der Waals surface area contributed by atoms with Crippen LogP contribution in [0.3, 0.4) is 0 Å². The van der Waals surface area contributed by atoms with Crippen LogP contribution in [0.1, 0.15) is 34.5 Å². The first-order valence-electron chi connectivity index (χ1n) is 8.18. The van der Waals surface area contributed by atoms with Crippen molar-refractivity contribution in [1.82, 2.24) is 9.88 Å². The molecule has 0 atom stereocenters. The topological polar surface area (TPSA) is 42.4 Å². The molecule has 1 aliphatic heterocycles. The van der Waals surface area contributed by atoms with Gasteiger partial charge >= 0.3 is 0 Å². The molecule has 5 heteroatoms. The fraction of sp³-hybridized carbons (Fsp3) is 0.368. The highest BCUT2D eigenvalue weighted by molar-refractivity contribution is 5.93. The van der Waals surface area contributed by atoms with Gasteiger partial charge in [0.1, 0.15) is 5.82 Å². The number of rotatable bonds is 4. The van der Waals surface area contributed by atoms with Crippen molar-refractivity contribution in [3.8, 4) is 0 Å². The van der Waals surface area contributed by atoms with Gasteiger partial charge in [0.2, 0.25) is 0 Å². The van der Waals surface area contributed by atoms with Crippen molar-refractivity contribution < 1.29 is 13.9 Å². The van der Waals surface area contributed by atoms with Gasteiger partial charge in [-0.3, -0.25) is 9.78 Å². The normalized spacial score (nSPS) is 15.2. The number of hydrogen-bond acceptors (Lipinski definition) is 3. The summed E-state index contributed by atoms with van der Waals surface area (Å²) in [5.74, 6) is -0.273. The van der Waals surface area contributed by atoms with Gasteiger partial charge in [-0.15, -0.1) is 0 Å². The zero-order chi connectivity index (χ0) is 16.9. The van der Waals surface area contributed by atoms with E-state index >= 15 is 0 Å². The smallest absolute Gasteiger partial charge is 0.255 e. The Hall–Kier alpha value is -2.27.